The maximum absolute atomic E-state index is 13.6. The molecule has 2 aromatic carbocycles. The molecule has 1 amide bonds. The number of aromatic amines is 1. The lowest BCUT2D eigenvalue weighted by molar-refractivity contribution is -0.138. The number of amides is 1. The van der Waals surface area contributed by atoms with E-state index in [0.29, 0.717) is 40.3 Å². The van der Waals surface area contributed by atoms with Crippen molar-refractivity contribution in [3.8, 4) is 0 Å². The smallest absolute Gasteiger partial charge is 0.259 e. The summed E-state index contributed by atoms with van der Waals surface area (Å²) in [5.41, 5.74) is 8.16. The monoisotopic (exact) mass is 541 g/mol. The summed E-state index contributed by atoms with van der Waals surface area (Å²) < 4.78 is 28.4. The molecule has 10 nitrogen and oxygen atoms in total. The van der Waals surface area contributed by atoms with Gasteiger partial charge in [0.15, 0.2) is 0 Å². The van der Waals surface area contributed by atoms with Gasteiger partial charge >= 0.3 is 0 Å². The molecule has 1 aliphatic rings. The maximum atomic E-state index is 13.6. The summed E-state index contributed by atoms with van der Waals surface area (Å²) in [4.78, 5) is 26.4. The van der Waals surface area contributed by atoms with Crippen molar-refractivity contribution in [2.75, 3.05) is 25.4 Å². The molecule has 0 radical (unpaired) electrons. The number of nitrogens with zero attached hydrogens (tertiary/aromatic N) is 4. The molecule has 1 aliphatic heterocycles. The number of rotatable bonds is 7. The Bertz CT molecular complexity index is 1590. The van der Waals surface area contributed by atoms with Gasteiger partial charge in [0, 0.05) is 47.0 Å². The molecule has 0 unspecified atom stereocenters. The Balaban J connectivity index is 1.42. The van der Waals surface area contributed by atoms with Gasteiger partial charge in [-0.2, -0.15) is 4.31 Å². The van der Waals surface area contributed by atoms with Crippen LogP contribution in [0.5, 0.6) is 0 Å². The second kappa shape index (κ2) is 9.90. The highest BCUT2D eigenvalue weighted by Crippen LogP contribution is 2.27. The average molecular weight is 542 g/mol. The van der Waals surface area contributed by atoms with Gasteiger partial charge in [0.1, 0.15) is 17.2 Å². The summed E-state index contributed by atoms with van der Waals surface area (Å²) in [5, 5.41) is 5.34. The lowest BCUT2D eigenvalue weighted by Crippen LogP contribution is -2.60. The summed E-state index contributed by atoms with van der Waals surface area (Å²) in [6.45, 7) is 4.69. The third-order valence-corrected chi connectivity index (χ3v) is 8.48. The molecule has 4 N–H and O–H groups in total. The number of nitrogens with two attached hydrogens (primary N) is 1. The standard InChI is InChI=1S/C25H28ClN7O3S/c1-15(2)28-10-19-12-32(37(35,36)23-9-17-8-18(26)4-6-21(17)31-23)13-24(34)33(19)11-16-3-5-20-22(7-16)29-14-30-25(20)27/h3-9,14-15,19,28,31H,10-13H2,1-2H3,(H2,27,29,30)/t19-/m0/s1. The molecule has 1 fully saturated rings. The van der Waals surface area contributed by atoms with Crippen LogP contribution in [-0.2, 0) is 21.4 Å². The summed E-state index contributed by atoms with van der Waals surface area (Å²) in [5.74, 6) is 0.122. The van der Waals surface area contributed by atoms with Crippen LogP contribution in [-0.4, -0.2) is 70.2 Å². The van der Waals surface area contributed by atoms with E-state index < -0.39 is 10.0 Å². The maximum Gasteiger partial charge on any atom is 0.259 e. The van der Waals surface area contributed by atoms with Crippen molar-refractivity contribution >= 4 is 55.2 Å². The number of hydrogen-bond acceptors (Lipinski definition) is 7. The molecule has 0 saturated carbocycles. The molecular formula is C25H28ClN7O3S. The van der Waals surface area contributed by atoms with Gasteiger partial charge in [0.05, 0.1) is 18.1 Å². The van der Waals surface area contributed by atoms with E-state index in [1.165, 1.54) is 10.6 Å². The fraction of sp³-hybridized carbons (Fsp3) is 0.320. The zero-order chi connectivity index (χ0) is 26.3. The first-order valence-corrected chi connectivity index (χ1v) is 13.7. The summed E-state index contributed by atoms with van der Waals surface area (Å²) in [6.07, 6.45) is 1.41. The molecule has 0 spiro atoms. The second-order valence-electron chi connectivity index (χ2n) is 9.51. The SMILES string of the molecule is CC(C)NC[C@H]1CN(S(=O)(=O)c2cc3cc(Cl)ccc3[nH]2)CC(=O)N1Cc1ccc2c(N)ncnc2c1. The molecule has 0 aliphatic carbocycles. The van der Waals surface area contributed by atoms with Crippen molar-refractivity contribution in [1.29, 1.82) is 0 Å². The van der Waals surface area contributed by atoms with Crippen LogP contribution < -0.4 is 11.1 Å². The first-order chi connectivity index (χ1) is 17.6. The number of sulfonamides is 1. The minimum atomic E-state index is -3.94. The number of halogens is 1. The molecule has 4 aromatic rings. The summed E-state index contributed by atoms with van der Waals surface area (Å²) in [6, 6.07) is 12.1. The van der Waals surface area contributed by atoms with Gasteiger partial charge in [0.2, 0.25) is 5.91 Å². The summed E-state index contributed by atoms with van der Waals surface area (Å²) >= 11 is 6.07. The number of carbonyl (C=O) groups excluding carboxylic acids is 1. The van der Waals surface area contributed by atoms with Crippen LogP contribution >= 0.6 is 11.6 Å². The van der Waals surface area contributed by atoms with Gasteiger partial charge in [-0.1, -0.05) is 31.5 Å². The van der Waals surface area contributed by atoms with E-state index in [1.54, 1.807) is 29.2 Å². The lowest BCUT2D eigenvalue weighted by atomic mass is 10.1. The predicted molar refractivity (Wildman–Crippen MR) is 143 cm³/mol. The molecule has 0 bridgehead atoms. The first-order valence-electron chi connectivity index (χ1n) is 11.9. The number of aromatic nitrogens is 3. The minimum Gasteiger partial charge on any atom is -0.383 e. The fourth-order valence-corrected chi connectivity index (χ4v) is 6.19. The highest BCUT2D eigenvalue weighted by atomic mass is 35.5. The number of carbonyl (C=O) groups is 1. The number of nitrogen functional groups attached to an aromatic ring is 1. The third-order valence-electron chi connectivity index (χ3n) is 6.51. The predicted octanol–water partition coefficient (Wildman–Crippen LogP) is 2.75. The Kier molecular flexibility index (Phi) is 6.80. The second-order valence-corrected chi connectivity index (χ2v) is 11.9. The molecule has 12 heteroatoms. The van der Waals surface area contributed by atoms with Gasteiger partial charge < -0.3 is 20.9 Å². The van der Waals surface area contributed by atoms with E-state index in [2.05, 4.69) is 20.3 Å². The molecule has 2 aromatic heterocycles. The van der Waals surface area contributed by atoms with E-state index in [4.69, 9.17) is 17.3 Å². The van der Waals surface area contributed by atoms with Gasteiger partial charge in [-0.3, -0.25) is 4.79 Å². The Hall–Kier alpha value is -3.25. The van der Waals surface area contributed by atoms with Gasteiger partial charge in [-0.05, 0) is 42.0 Å². The number of fused-ring (bicyclic) bond motifs is 2. The van der Waals surface area contributed by atoms with Crippen LogP contribution in [0.2, 0.25) is 5.02 Å². The lowest BCUT2D eigenvalue weighted by Gasteiger charge is -2.40. The minimum absolute atomic E-state index is 0.0355. The van der Waals surface area contributed by atoms with Crippen molar-refractivity contribution in [2.45, 2.75) is 37.5 Å². The number of anilines is 1. The molecular weight excluding hydrogens is 514 g/mol. The zero-order valence-electron chi connectivity index (χ0n) is 20.5. The van der Waals surface area contributed by atoms with Crippen molar-refractivity contribution in [2.24, 2.45) is 0 Å². The van der Waals surface area contributed by atoms with E-state index in [9.17, 15) is 13.2 Å². The van der Waals surface area contributed by atoms with Crippen molar-refractivity contribution in [3.05, 3.63) is 59.4 Å². The van der Waals surface area contributed by atoms with Crippen LogP contribution in [0.4, 0.5) is 5.82 Å². The number of H-pyrrole nitrogens is 1. The van der Waals surface area contributed by atoms with E-state index >= 15 is 0 Å². The van der Waals surface area contributed by atoms with E-state index in [-0.39, 0.29) is 36.1 Å². The Labute approximate surface area is 219 Å². The Morgan fingerprint density at radius 2 is 2.00 bits per heavy atom. The van der Waals surface area contributed by atoms with Crippen molar-refractivity contribution in [1.82, 2.24) is 29.5 Å². The first kappa shape index (κ1) is 25.4. The van der Waals surface area contributed by atoms with Gasteiger partial charge in [-0.15, -0.1) is 0 Å². The average Bonchev–Trinajstić information content (AvgIpc) is 3.28. The molecule has 37 heavy (non-hydrogen) atoms. The van der Waals surface area contributed by atoms with Crippen molar-refractivity contribution in [3.63, 3.8) is 0 Å². The topological polar surface area (TPSA) is 137 Å². The van der Waals surface area contributed by atoms with Crippen LogP contribution in [0.15, 0.2) is 53.8 Å². The van der Waals surface area contributed by atoms with Gasteiger partial charge in [0.25, 0.3) is 10.0 Å². The van der Waals surface area contributed by atoms with Crippen LogP contribution in [0, 0.1) is 0 Å². The largest absolute Gasteiger partial charge is 0.383 e. The number of nitrogens with one attached hydrogen (secondary N) is 2. The number of piperazine rings is 1. The highest BCUT2D eigenvalue weighted by molar-refractivity contribution is 7.89. The molecule has 1 saturated heterocycles. The van der Waals surface area contributed by atoms with E-state index in [0.717, 1.165) is 10.9 Å². The molecule has 5 rings (SSSR count). The normalized spacial score (nSPS) is 17.4. The molecule has 3 heterocycles. The summed E-state index contributed by atoms with van der Waals surface area (Å²) in [7, 11) is -3.94. The van der Waals surface area contributed by atoms with E-state index in [1.807, 2.05) is 32.0 Å². The molecule has 1 atom stereocenters. The van der Waals surface area contributed by atoms with Crippen molar-refractivity contribution < 1.29 is 13.2 Å². The Morgan fingerprint density at radius 1 is 1.19 bits per heavy atom. The fourth-order valence-electron chi connectivity index (χ4n) is 4.56. The third kappa shape index (κ3) is 5.12. The number of benzene rings is 2. The van der Waals surface area contributed by atoms with Crippen LogP contribution in [0.3, 0.4) is 0 Å². The van der Waals surface area contributed by atoms with Crippen LogP contribution in [0.25, 0.3) is 21.8 Å². The molecule has 194 valence electrons. The van der Waals surface area contributed by atoms with Crippen LogP contribution in [0.1, 0.15) is 19.4 Å². The quantitative estimate of drug-likeness (QED) is 0.327. The highest BCUT2D eigenvalue weighted by Gasteiger charge is 2.39. The zero-order valence-corrected chi connectivity index (χ0v) is 22.1. The van der Waals surface area contributed by atoms with Gasteiger partial charge in [-0.25, -0.2) is 18.4 Å². The number of hydrogen-bond donors (Lipinski definition) is 3. The Morgan fingerprint density at radius 3 is 2.78 bits per heavy atom.